The monoisotopic (exact) mass is 458 g/mol. The average Bonchev–Trinajstić information content (AvgIpc) is 3.19. The van der Waals surface area contributed by atoms with E-state index in [4.69, 9.17) is 14.2 Å². The van der Waals surface area contributed by atoms with Gasteiger partial charge in [0.05, 0.1) is 14.2 Å². The van der Waals surface area contributed by atoms with Crippen molar-refractivity contribution in [1.82, 2.24) is 9.80 Å². The van der Waals surface area contributed by atoms with Gasteiger partial charge in [0, 0.05) is 51.3 Å². The third-order valence-corrected chi connectivity index (χ3v) is 6.25. The number of nitrogens with zero attached hydrogens (tertiary/aromatic N) is 2. The molecule has 2 atom stereocenters. The van der Waals surface area contributed by atoms with Crippen LogP contribution >= 0.6 is 0 Å². The van der Waals surface area contributed by atoms with Gasteiger partial charge in [-0.2, -0.15) is 0 Å². The van der Waals surface area contributed by atoms with Crippen LogP contribution in [0.5, 0.6) is 11.5 Å². The van der Waals surface area contributed by atoms with Crippen molar-refractivity contribution in [1.29, 1.82) is 0 Å². The summed E-state index contributed by atoms with van der Waals surface area (Å²) >= 11 is 0. The molecule has 180 valence electrons. The molecule has 0 N–H and O–H groups in total. The van der Waals surface area contributed by atoms with Crippen molar-refractivity contribution >= 4 is 5.91 Å². The maximum Gasteiger partial charge on any atom is 0.248 e. The molecule has 1 saturated heterocycles. The number of amides is 1. The van der Waals surface area contributed by atoms with Crippen LogP contribution in [0.2, 0.25) is 0 Å². The Hall–Kier alpha value is -2.64. The first-order valence-corrected chi connectivity index (χ1v) is 11.3. The van der Waals surface area contributed by atoms with E-state index in [-0.39, 0.29) is 36.2 Å². The summed E-state index contributed by atoms with van der Waals surface area (Å²) in [6, 6.07) is 12.8. The summed E-state index contributed by atoms with van der Waals surface area (Å²) in [7, 11) is 4.82. The van der Waals surface area contributed by atoms with E-state index in [9.17, 15) is 9.18 Å². The van der Waals surface area contributed by atoms with Gasteiger partial charge < -0.3 is 19.1 Å². The largest absolute Gasteiger partial charge is 0.497 e. The molecule has 3 rings (SSSR count). The number of halogens is 1. The Labute approximate surface area is 196 Å². The summed E-state index contributed by atoms with van der Waals surface area (Å²) in [6.45, 7) is 6.97. The first kappa shape index (κ1) is 25.0. The van der Waals surface area contributed by atoms with E-state index in [0.717, 1.165) is 35.7 Å². The smallest absolute Gasteiger partial charge is 0.248 e. The SMILES string of the molecule is COCC(=O)N(C[C@@H]1CN(Cc2cc(OC)cc(OC)c2)C[C@H]1c1cccc(F)c1)C(C)C. The number of hydrogen-bond donors (Lipinski definition) is 0. The van der Waals surface area contributed by atoms with Crippen LogP contribution in [0.3, 0.4) is 0 Å². The van der Waals surface area contributed by atoms with Gasteiger partial charge >= 0.3 is 0 Å². The third kappa shape index (κ3) is 6.45. The molecule has 2 aromatic carbocycles. The molecule has 1 amide bonds. The molecule has 1 heterocycles. The maximum absolute atomic E-state index is 14.1. The molecule has 6 nitrogen and oxygen atoms in total. The van der Waals surface area contributed by atoms with E-state index in [1.807, 2.05) is 43.0 Å². The summed E-state index contributed by atoms with van der Waals surface area (Å²) in [6.07, 6.45) is 0. The maximum atomic E-state index is 14.1. The van der Waals surface area contributed by atoms with E-state index in [0.29, 0.717) is 13.1 Å². The van der Waals surface area contributed by atoms with Gasteiger partial charge in [-0.3, -0.25) is 9.69 Å². The predicted octanol–water partition coefficient (Wildman–Crippen LogP) is 3.94. The van der Waals surface area contributed by atoms with Crippen LogP contribution in [0.15, 0.2) is 42.5 Å². The van der Waals surface area contributed by atoms with Crippen LogP contribution in [0, 0.1) is 11.7 Å². The number of carbonyl (C=O) groups excluding carboxylic acids is 1. The molecule has 0 bridgehead atoms. The zero-order valence-corrected chi connectivity index (χ0v) is 20.2. The fourth-order valence-electron chi connectivity index (χ4n) is 4.67. The normalized spacial score (nSPS) is 18.5. The lowest BCUT2D eigenvalue weighted by Crippen LogP contribution is -2.43. The van der Waals surface area contributed by atoms with Crippen molar-refractivity contribution in [3.63, 3.8) is 0 Å². The summed E-state index contributed by atoms with van der Waals surface area (Å²) in [5.74, 6) is 1.52. The predicted molar refractivity (Wildman–Crippen MR) is 126 cm³/mol. The lowest BCUT2D eigenvalue weighted by atomic mass is 9.88. The van der Waals surface area contributed by atoms with Crippen LogP contribution < -0.4 is 9.47 Å². The van der Waals surface area contributed by atoms with Crippen LogP contribution in [0.25, 0.3) is 0 Å². The molecule has 0 saturated carbocycles. The van der Waals surface area contributed by atoms with E-state index in [1.165, 1.54) is 13.2 Å². The first-order valence-electron chi connectivity index (χ1n) is 11.3. The molecule has 0 spiro atoms. The van der Waals surface area contributed by atoms with Gasteiger partial charge in [0.15, 0.2) is 0 Å². The van der Waals surface area contributed by atoms with E-state index >= 15 is 0 Å². The number of likely N-dealkylation sites (tertiary alicyclic amines) is 1. The van der Waals surface area contributed by atoms with Gasteiger partial charge in [-0.15, -0.1) is 0 Å². The van der Waals surface area contributed by atoms with E-state index in [2.05, 4.69) is 4.90 Å². The van der Waals surface area contributed by atoms with Gasteiger partial charge in [-0.1, -0.05) is 12.1 Å². The standard InChI is InChI=1S/C26H35FN2O4/c1-18(2)29(26(30)17-31-3)15-21-14-28(16-25(21)20-7-6-8-22(27)11-20)13-19-9-23(32-4)12-24(10-19)33-5/h6-12,18,21,25H,13-17H2,1-5H3/t21-,25-/m0/s1. The molecular formula is C26H35FN2O4. The second kappa shape index (κ2) is 11.5. The van der Waals surface area contributed by atoms with E-state index in [1.54, 1.807) is 26.4 Å². The molecule has 33 heavy (non-hydrogen) atoms. The third-order valence-electron chi connectivity index (χ3n) is 6.25. The Morgan fingerprint density at radius 3 is 2.36 bits per heavy atom. The fraction of sp³-hybridized carbons (Fsp3) is 0.500. The zero-order valence-electron chi connectivity index (χ0n) is 20.2. The number of methoxy groups -OCH3 is 3. The number of benzene rings is 2. The molecule has 2 aromatic rings. The molecule has 0 radical (unpaired) electrons. The van der Waals surface area contributed by atoms with Crippen LogP contribution in [-0.4, -0.2) is 69.3 Å². The van der Waals surface area contributed by atoms with Crippen molar-refractivity contribution in [3.8, 4) is 11.5 Å². The summed E-state index contributed by atoms with van der Waals surface area (Å²) in [4.78, 5) is 16.9. The highest BCUT2D eigenvalue weighted by molar-refractivity contribution is 5.77. The van der Waals surface area contributed by atoms with Gasteiger partial charge in [-0.05, 0) is 55.2 Å². The van der Waals surface area contributed by atoms with Crippen LogP contribution in [0.1, 0.15) is 30.9 Å². The summed E-state index contributed by atoms with van der Waals surface area (Å²) < 4.78 is 30.0. The molecular weight excluding hydrogens is 423 g/mol. The van der Waals surface area contributed by atoms with Crippen molar-refractivity contribution in [2.24, 2.45) is 5.92 Å². The van der Waals surface area contributed by atoms with Gasteiger partial charge in [-0.25, -0.2) is 4.39 Å². The lowest BCUT2D eigenvalue weighted by molar-refractivity contribution is -0.137. The molecule has 7 heteroatoms. The molecule has 1 aliphatic rings. The van der Waals surface area contributed by atoms with Gasteiger partial charge in [0.1, 0.15) is 23.9 Å². The van der Waals surface area contributed by atoms with E-state index < -0.39 is 0 Å². The van der Waals surface area contributed by atoms with Gasteiger partial charge in [0.2, 0.25) is 5.91 Å². The highest BCUT2D eigenvalue weighted by atomic mass is 19.1. The Morgan fingerprint density at radius 1 is 1.09 bits per heavy atom. The molecule has 1 fully saturated rings. The van der Waals surface area contributed by atoms with Crippen LogP contribution in [0.4, 0.5) is 4.39 Å². The quantitative estimate of drug-likeness (QED) is 0.540. The summed E-state index contributed by atoms with van der Waals surface area (Å²) in [5.41, 5.74) is 2.05. The van der Waals surface area contributed by atoms with Crippen molar-refractivity contribution in [2.45, 2.75) is 32.4 Å². The minimum absolute atomic E-state index is 0.0264. The Morgan fingerprint density at radius 2 is 1.79 bits per heavy atom. The minimum atomic E-state index is -0.238. The molecule has 1 aliphatic heterocycles. The summed E-state index contributed by atoms with van der Waals surface area (Å²) in [5, 5.41) is 0. The zero-order chi connectivity index (χ0) is 24.0. The fourth-order valence-corrected chi connectivity index (χ4v) is 4.67. The first-order chi connectivity index (χ1) is 15.8. The number of rotatable bonds is 10. The molecule has 0 unspecified atom stereocenters. The Bertz CT molecular complexity index is 914. The second-order valence-corrected chi connectivity index (χ2v) is 8.91. The van der Waals surface area contributed by atoms with Crippen LogP contribution in [-0.2, 0) is 16.1 Å². The van der Waals surface area contributed by atoms with Crippen molar-refractivity contribution < 1.29 is 23.4 Å². The van der Waals surface area contributed by atoms with Crippen molar-refractivity contribution in [3.05, 3.63) is 59.4 Å². The van der Waals surface area contributed by atoms with Crippen molar-refractivity contribution in [2.75, 3.05) is 47.6 Å². The highest BCUT2D eigenvalue weighted by Crippen LogP contribution is 2.35. The second-order valence-electron chi connectivity index (χ2n) is 8.91. The highest BCUT2D eigenvalue weighted by Gasteiger charge is 2.36. The Kier molecular flexibility index (Phi) is 8.69. The number of ether oxygens (including phenoxy) is 3. The van der Waals surface area contributed by atoms with Gasteiger partial charge in [0.25, 0.3) is 0 Å². The molecule has 0 aromatic heterocycles. The molecule has 0 aliphatic carbocycles. The Balaban J connectivity index is 1.85. The number of hydrogen-bond acceptors (Lipinski definition) is 5. The average molecular weight is 459 g/mol. The minimum Gasteiger partial charge on any atom is -0.497 e. The topological polar surface area (TPSA) is 51.2 Å². The number of carbonyl (C=O) groups is 1. The lowest BCUT2D eigenvalue weighted by Gasteiger charge is -2.31.